The molecule has 3 nitrogen and oxygen atoms in total. The molecule has 0 aliphatic carbocycles. The van der Waals surface area contributed by atoms with E-state index >= 15 is 0 Å². The van der Waals surface area contributed by atoms with Gasteiger partial charge in [0, 0.05) is 12.0 Å². The van der Waals surface area contributed by atoms with Crippen LogP contribution in [0.3, 0.4) is 0 Å². The zero-order valence-electron chi connectivity index (χ0n) is 13.2. The van der Waals surface area contributed by atoms with E-state index in [9.17, 15) is 4.79 Å². The minimum Gasteiger partial charge on any atom is -0.354 e. The zero-order valence-corrected chi connectivity index (χ0v) is 14.1. The van der Waals surface area contributed by atoms with Crippen molar-refractivity contribution in [3.05, 3.63) is 35.9 Å². The summed E-state index contributed by atoms with van der Waals surface area (Å²) in [5.74, 6) is 0.126. The second-order valence-electron chi connectivity index (χ2n) is 6.65. The lowest BCUT2D eigenvalue weighted by Gasteiger charge is -2.35. The molecular weight excluding hydrogens is 284 g/mol. The number of benzene rings is 1. The van der Waals surface area contributed by atoms with Crippen LogP contribution in [0.15, 0.2) is 30.3 Å². The lowest BCUT2D eigenvalue weighted by Crippen LogP contribution is -2.58. The third kappa shape index (κ3) is 4.45. The van der Waals surface area contributed by atoms with Crippen LogP contribution in [0.1, 0.15) is 45.6 Å². The van der Waals surface area contributed by atoms with E-state index in [0.29, 0.717) is 6.54 Å². The molecule has 2 rings (SSSR count). The molecule has 1 saturated heterocycles. The van der Waals surface area contributed by atoms with Crippen molar-refractivity contribution >= 4 is 18.3 Å². The van der Waals surface area contributed by atoms with Crippen LogP contribution >= 0.6 is 12.4 Å². The maximum absolute atomic E-state index is 12.4. The summed E-state index contributed by atoms with van der Waals surface area (Å²) in [6.45, 7) is 7.94. The molecule has 1 aromatic carbocycles. The van der Waals surface area contributed by atoms with E-state index in [1.165, 1.54) is 12.0 Å². The Kier molecular flexibility index (Phi) is 6.24. The summed E-state index contributed by atoms with van der Waals surface area (Å²) in [6.07, 6.45) is 3.21. The quantitative estimate of drug-likeness (QED) is 0.897. The molecule has 1 heterocycles. The van der Waals surface area contributed by atoms with E-state index in [-0.39, 0.29) is 23.7 Å². The number of carbonyl (C=O) groups is 1. The molecule has 1 amide bonds. The molecule has 1 fully saturated rings. The van der Waals surface area contributed by atoms with Crippen LogP contribution in [0.25, 0.3) is 0 Å². The van der Waals surface area contributed by atoms with Crippen molar-refractivity contribution < 1.29 is 4.79 Å². The van der Waals surface area contributed by atoms with E-state index < -0.39 is 5.54 Å². The molecule has 0 aromatic heterocycles. The Balaban J connectivity index is 0.00000220. The number of amides is 1. The first-order valence-electron chi connectivity index (χ1n) is 7.53. The van der Waals surface area contributed by atoms with Crippen molar-refractivity contribution in [2.75, 3.05) is 13.1 Å². The van der Waals surface area contributed by atoms with Crippen LogP contribution in [0.2, 0.25) is 0 Å². The predicted octanol–water partition coefficient (Wildman–Crippen LogP) is 3.03. The monoisotopic (exact) mass is 310 g/mol. The van der Waals surface area contributed by atoms with Crippen molar-refractivity contribution in [1.29, 1.82) is 0 Å². The van der Waals surface area contributed by atoms with Crippen molar-refractivity contribution in [2.45, 2.75) is 51.0 Å². The molecule has 118 valence electrons. The standard InChI is InChI=1S/C17H26N2O.ClH/c1-16(2,14-9-5-4-6-10-14)13-18-15(20)17(3)11-7-8-12-19-17;/h4-6,9-10,19H,7-8,11-13H2,1-3H3,(H,18,20);1H. The third-order valence-corrected chi connectivity index (χ3v) is 4.37. The van der Waals surface area contributed by atoms with Gasteiger partial charge in [-0.15, -0.1) is 12.4 Å². The highest BCUT2D eigenvalue weighted by Crippen LogP contribution is 2.23. The largest absolute Gasteiger partial charge is 0.354 e. The molecule has 0 radical (unpaired) electrons. The van der Waals surface area contributed by atoms with Crippen molar-refractivity contribution in [3.63, 3.8) is 0 Å². The SMILES string of the molecule is CC1(C(=O)NCC(C)(C)c2ccccc2)CCCCN1.Cl. The molecule has 1 unspecified atom stereocenters. The van der Waals surface area contributed by atoms with Gasteiger partial charge in [-0.2, -0.15) is 0 Å². The minimum atomic E-state index is -0.398. The number of carbonyl (C=O) groups excluding carboxylic acids is 1. The van der Waals surface area contributed by atoms with Gasteiger partial charge in [0.2, 0.25) is 5.91 Å². The number of halogens is 1. The highest BCUT2D eigenvalue weighted by atomic mass is 35.5. The molecule has 21 heavy (non-hydrogen) atoms. The third-order valence-electron chi connectivity index (χ3n) is 4.37. The minimum absolute atomic E-state index is 0. The van der Waals surface area contributed by atoms with Gasteiger partial charge in [0.1, 0.15) is 0 Å². The van der Waals surface area contributed by atoms with E-state index in [0.717, 1.165) is 19.4 Å². The second-order valence-corrected chi connectivity index (χ2v) is 6.65. The van der Waals surface area contributed by atoms with Gasteiger partial charge in [0.15, 0.2) is 0 Å². The van der Waals surface area contributed by atoms with Gasteiger partial charge in [0.25, 0.3) is 0 Å². The topological polar surface area (TPSA) is 41.1 Å². The fourth-order valence-corrected chi connectivity index (χ4v) is 2.74. The number of hydrogen-bond acceptors (Lipinski definition) is 2. The Hall–Kier alpha value is -1.06. The van der Waals surface area contributed by atoms with Crippen LogP contribution in [-0.4, -0.2) is 24.5 Å². The van der Waals surface area contributed by atoms with E-state index in [2.05, 4.69) is 36.6 Å². The molecule has 1 atom stereocenters. The Morgan fingerprint density at radius 3 is 2.52 bits per heavy atom. The van der Waals surface area contributed by atoms with Crippen molar-refractivity contribution in [1.82, 2.24) is 10.6 Å². The molecule has 0 saturated carbocycles. The first kappa shape index (κ1) is 18.0. The average molecular weight is 311 g/mol. The van der Waals surface area contributed by atoms with Gasteiger partial charge in [-0.25, -0.2) is 0 Å². The van der Waals surface area contributed by atoms with E-state index in [1.54, 1.807) is 0 Å². The normalized spacial score (nSPS) is 22.2. The molecule has 2 N–H and O–H groups in total. The van der Waals surface area contributed by atoms with Gasteiger partial charge in [-0.05, 0) is 38.3 Å². The van der Waals surface area contributed by atoms with Crippen LogP contribution in [-0.2, 0) is 10.2 Å². The van der Waals surface area contributed by atoms with E-state index in [1.807, 2.05) is 25.1 Å². The van der Waals surface area contributed by atoms with E-state index in [4.69, 9.17) is 0 Å². The van der Waals surface area contributed by atoms with Gasteiger partial charge >= 0.3 is 0 Å². The van der Waals surface area contributed by atoms with Gasteiger partial charge in [0.05, 0.1) is 5.54 Å². The number of nitrogens with one attached hydrogen (secondary N) is 2. The van der Waals surface area contributed by atoms with Crippen LogP contribution < -0.4 is 10.6 Å². The number of rotatable bonds is 4. The molecular formula is C17H27ClN2O. The smallest absolute Gasteiger partial charge is 0.240 e. The highest BCUT2D eigenvalue weighted by molar-refractivity contribution is 5.86. The van der Waals surface area contributed by atoms with Gasteiger partial charge < -0.3 is 10.6 Å². The van der Waals surface area contributed by atoms with Crippen LogP contribution in [0.4, 0.5) is 0 Å². The first-order valence-corrected chi connectivity index (χ1v) is 7.53. The average Bonchev–Trinajstić information content (AvgIpc) is 2.46. The van der Waals surface area contributed by atoms with Gasteiger partial charge in [-0.1, -0.05) is 44.2 Å². The first-order chi connectivity index (χ1) is 9.44. The summed E-state index contributed by atoms with van der Waals surface area (Å²) in [7, 11) is 0. The molecule has 4 heteroatoms. The molecule has 0 spiro atoms. The Morgan fingerprint density at radius 2 is 1.95 bits per heavy atom. The fourth-order valence-electron chi connectivity index (χ4n) is 2.74. The lowest BCUT2D eigenvalue weighted by molar-refractivity contribution is -0.128. The number of hydrogen-bond donors (Lipinski definition) is 2. The number of piperidine rings is 1. The molecule has 1 aliphatic heterocycles. The summed E-state index contributed by atoms with van der Waals surface area (Å²) in [5.41, 5.74) is 0.800. The maximum Gasteiger partial charge on any atom is 0.240 e. The molecule has 1 aliphatic rings. The summed E-state index contributed by atoms with van der Waals surface area (Å²) in [5, 5.41) is 6.49. The molecule has 1 aromatic rings. The van der Waals surface area contributed by atoms with Crippen molar-refractivity contribution in [3.8, 4) is 0 Å². The summed E-state index contributed by atoms with van der Waals surface area (Å²) < 4.78 is 0. The Labute approximate surface area is 134 Å². The maximum atomic E-state index is 12.4. The summed E-state index contributed by atoms with van der Waals surface area (Å²) in [4.78, 5) is 12.4. The zero-order chi connectivity index (χ0) is 14.6. The second kappa shape index (κ2) is 7.28. The lowest BCUT2D eigenvalue weighted by atomic mass is 9.84. The van der Waals surface area contributed by atoms with Crippen molar-refractivity contribution in [2.24, 2.45) is 0 Å². The van der Waals surface area contributed by atoms with Crippen LogP contribution in [0.5, 0.6) is 0 Å². The fraction of sp³-hybridized carbons (Fsp3) is 0.588. The van der Waals surface area contributed by atoms with Crippen LogP contribution in [0, 0.1) is 0 Å². The summed E-state index contributed by atoms with van der Waals surface area (Å²) >= 11 is 0. The highest BCUT2D eigenvalue weighted by Gasteiger charge is 2.35. The predicted molar refractivity (Wildman–Crippen MR) is 90.0 cm³/mol. The summed E-state index contributed by atoms with van der Waals surface area (Å²) in [6, 6.07) is 10.3. The van der Waals surface area contributed by atoms with Gasteiger partial charge in [-0.3, -0.25) is 4.79 Å². The molecule has 0 bridgehead atoms. The Morgan fingerprint density at radius 1 is 1.29 bits per heavy atom. The Bertz CT molecular complexity index is 453.